The van der Waals surface area contributed by atoms with Gasteiger partial charge in [0.25, 0.3) is 0 Å². The van der Waals surface area contributed by atoms with Gasteiger partial charge in [0.1, 0.15) is 6.61 Å². The molecule has 7 heteroatoms. The molecule has 9 atom stereocenters. The molecule has 206 valence electrons. The van der Waals surface area contributed by atoms with Gasteiger partial charge in [0.05, 0.1) is 5.60 Å². The molecule has 0 saturated heterocycles. The Morgan fingerprint density at radius 1 is 1.17 bits per heavy atom. The molecule has 0 aromatic heterocycles. The Balaban J connectivity index is 1.47. The van der Waals surface area contributed by atoms with E-state index in [4.69, 9.17) is 16.3 Å². The lowest BCUT2D eigenvalue weighted by molar-refractivity contribution is -0.271. The number of halogens is 4. The molecule has 3 fully saturated rings. The van der Waals surface area contributed by atoms with Crippen LogP contribution in [0.2, 0.25) is 0 Å². The normalized spacial score (nSPS) is 43.0. The molecule has 36 heavy (non-hydrogen) atoms. The van der Waals surface area contributed by atoms with E-state index in [0.29, 0.717) is 30.1 Å². The summed E-state index contributed by atoms with van der Waals surface area (Å²) in [6.07, 6.45) is 6.35. The fraction of sp³-hybridized carbons (Fsp3) is 0.897. The highest BCUT2D eigenvalue weighted by molar-refractivity contribution is 6.63. The van der Waals surface area contributed by atoms with E-state index in [-0.39, 0.29) is 23.2 Å². The molecule has 0 radical (unpaired) electrons. The highest BCUT2D eigenvalue weighted by Crippen LogP contribution is 2.67. The number of aliphatic hydroxyl groups is 1. The van der Waals surface area contributed by atoms with Crippen molar-refractivity contribution in [3.8, 4) is 0 Å². The molecule has 4 rings (SSSR count). The molecule has 4 aliphatic rings. The van der Waals surface area contributed by atoms with E-state index < -0.39 is 29.2 Å². The number of rotatable bonds is 7. The van der Waals surface area contributed by atoms with Gasteiger partial charge in [0.2, 0.25) is 5.24 Å². The van der Waals surface area contributed by atoms with Crippen LogP contribution in [0.25, 0.3) is 0 Å². The van der Waals surface area contributed by atoms with E-state index in [0.717, 1.165) is 58.3 Å². The standard InChI is InChI=1S/C29H44ClF3O3/c1-18(10-13-28(5,29(31,32)33)36-17-24(30)34)21-8-9-22-20-7-6-19-16-25(2,35)14-15-26(19,3)23(20)11-12-27(21,22)4/h6,18,20-23,35H,7-17H2,1-5H3/t18-,20+,21-,22+,23+,25+,26+,27-,28?/m1/s1. The SMILES string of the molecule is C[C@H](CCC(C)(OCC(=O)Cl)C(F)(F)F)[C@H]1CC[C@H]2[C@@H]3CC=C4C[C@@](C)(O)CC[C@]4(C)[C@H]3CC[C@]12C. The third-order valence-electron chi connectivity index (χ3n) is 11.3. The van der Waals surface area contributed by atoms with E-state index in [1.54, 1.807) is 0 Å². The van der Waals surface area contributed by atoms with Crippen molar-refractivity contribution in [2.75, 3.05) is 6.61 Å². The Morgan fingerprint density at radius 3 is 2.50 bits per heavy atom. The zero-order valence-corrected chi connectivity index (χ0v) is 23.3. The predicted molar refractivity (Wildman–Crippen MR) is 135 cm³/mol. The molecule has 4 aliphatic carbocycles. The van der Waals surface area contributed by atoms with Gasteiger partial charge in [0, 0.05) is 0 Å². The van der Waals surface area contributed by atoms with E-state index in [9.17, 15) is 23.1 Å². The molecular formula is C29H44ClF3O3. The van der Waals surface area contributed by atoms with Crippen LogP contribution in [0.5, 0.6) is 0 Å². The minimum Gasteiger partial charge on any atom is -0.390 e. The predicted octanol–water partition coefficient (Wildman–Crippen LogP) is 7.84. The van der Waals surface area contributed by atoms with Crippen molar-refractivity contribution in [2.24, 2.45) is 40.4 Å². The van der Waals surface area contributed by atoms with E-state index in [1.807, 2.05) is 6.92 Å². The number of carbonyl (C=O) groups is 1. The quantitative estimate of drug-likeness (QED) is 0.268. The van der Waals surface area contributed by atoms with Gasteiger partial charge in [-0.05, 0) is 130 Å². The van der Waals surface area contributed by atoms with Crippen LogP contribution in [0.4, 0.5) is 13.2 Å². The summed E-state index contributed by atoms with van der Waals surface area (Å²) < 4.78 is 46.5. The van der Waals surface area contributed by atoms with Crippen LogP contribution in [0.1, 0.15) is 98.8 Å². The maximum Gasteiger partial charge on any atom is 0.417 e. The van der Waals surface area contributed by atoms with Crippen molar-refractivity contribution >= 4 is 16.8 Å². The van der Waals surface area contributed by atoms with Gasteiger partial charge in [0.15, 0.2) is 5.60 Å². The van der Waals surface area contributed by atoms with Crippen molar-refractivity contribution in [1.82, 2.24) is 0 Å². The van der Waals surface area contributed by atoms with Crippen LogP contribution >= 0.6 is 11.6 Å². The molecule has 0 heterocycles. The number of ether oxygens (including phenoxy) is 1. The summed E-state index contributed by atoms with van der Waals surface area (Å²) in [4.78, 5) is 11.1. The van der Waals surface area contributed by atoms with Gasteiger partial charge in [-0.25, -0.2) is 0 Å². The Bertz CT molecular complexity index is 885. The van der Waals surface area contributed by atoms with Crippen LogP contribution in [-0.4, -0.2) is 34.3 Å². The van der Waals surface area contributed by atoms with Gasteiger partial charge >= 0.3 is 6.18 Å². The molecule has 1 unspecified atom stereocenters. The van der Waals surface area contributed by atoms with Gasteiger partial charge in [-0.1, -0.05) is 32.4 Å². The van der Waals surface area contributed by atoms with Crippen molar-refractivity contribution < 1.29 is 27.8 Å². The Hall–Kier alpha value is -0.590. The van der Waals surface area contributed by atoms with E-state index in [1.165, 1.54) is 5.57 Å². The van der Waals surface area contributed by atoms with Crippen molar-refractivity contribution in [1.29, 1.82) is 0 Å². The summed E-state index contributed by atoms with van der Waals surface area (Å²) >= 11 is 5.27. The lowest BCUT2D eigenvalue weighted by Crippen LogP contribution is -2.52. The van der Waals surface area contributed by atoms with Gasteiger partial charge in [-0.3, -0.25) is 4.79 Å². The van der Waals surface area contributed by atoms with E-state index >= 15 is 0 Å². The molecule has 1 N–H and O–H groups in total. The monoisotopic (exact) mass is 532 g/mol. The highest BCUT2D eigenvalue weighted by Gasteiger charge is 2.60. The number of hydrogen-bond acceptors (Lipinski definition) is 3. The van der Waals surface area contributed by atoms with Crippen LogP contribution in [0.3, 0.4) is 0 Å². The first-order chi connectivity index (χ1) is 16.5. The summed E-state index contributed by atoms with van der Waals surface area (Å²) in [6, 6.07) is 0. The third-order valence-corrected chi connectivity index (χ3v) is 11.4. The summed E-state index contributed by atoms with van der Waals surface area (Å²) in [7, 11) is 0. The maximum atomic E-state index is 13.8. The molecule has 3 saturated carbocycles. The fourth-order valence-corrected chi connectivity index (χ4v) is 9.05. The second-order valence-electron chi connectivity index (χ2n) is 13.5. The molecule has 0 bridgehead atoms. The van der Waals surface area contributed by atoms with Gasteiger partial charge in [-0.15, -0.1) is 0 Å². The van der Waals surface area contributed by atoms with Crippen LogP contribution < -0.4 is 0 Å². The minimum absolute atomic E-state index is 0.142. The zero-order valence-electron chi connectivity index (χ0n) is 22.5. The molecule has 3 nitrogen and oxygen atoms in total. The van der Waals surface area contributed by atoms with Gasteiger partial charge < -0.3 is 9.84 Å². The minimum atomic E-state index is -4.56. The lowest BCUT2D eigenvalue weighted by Gasteiger charge is -2.59. The van der Waals surface area contributed by atoms with Gasteiger partial charge in [-0.2, -0.15) is 13.2 Å². The van der Waals surface area contributed by atoms with Crippen molar-refractivity contribution in [2.45, 2.75) is 116 Å². The number of hydrogen-bond donors (Lipinski definition) is 1. The number of alkyl halides is 3. The number of carbonyl (C=O) groups excluding carboxylic acids is 1. The second-order valence-corrected chi connectivity index (χ2v) is 14.0. The molecule has 0 aliphatic heterocycles. The average molecular weight is 533 g/mol. The molecule has 0 aromatic carbocycles. The van der Waals surface area contributed by atoms with Crippen LogP contribution in [-0.2, 0) is 9.53 Å². The summed E-state index contributed by atoms with van der Waals surface area (Å²) in [5.74, 6) is 2.39. The largest absolute Gasteiger partial charge is 0.417 e. The average Bonchev–Trinajstić information content (AvgIpc) is 3.13. The Kier molecular flexibility index (Phi) is 7.54. The topological polar surface area (TPSA) is 46.5 Å². The first-order valence-electron chi connectivity index (χ1n) is 13.8. The van der Waals surface area contributed by atoms with Crippen LogP contribution in [0, 0.1) is 40.4 Å². The fourth-order valence-electron chi connectivity index (χ4n) is 9.00. The van der Waals surface area contributed by atoms with Crippen molar-refractivity contribution in [3.05, 3.63) is 11.6 Å². The highest BCUT2D eigenvalue weighted by atomic mass is 35.5. The molecule has 0 aromatic rings. The lowest BCUT2D eigenvalue weighted by atomic mass is 9.46. The summed E-state index contributed by atoms with van der Waals surface area (Å²) in [5, 5.41) is 9.77. The third kappa shape index (κ3) is 4.93. The molecular weight excluding hydrogens is 489 g/mol. The number of allylic oxidation sites excluding steroid dienone is 1. The zero-order chi connectivity index (χ0) is 26.7. The van der Waals surface area contributed by atoms with E-state index in [2.05, 4.69) is 26.8 Å². The molecule has 0 amide bonds. The summed E-state index contributed by atoms with van der Waals surface area (Å²) in [6.45, 7) is 9.20. The van der Waals surface area contributed by atoms with Crippen molar-refractivity contribution in [3.63, 3.8) is 0 Å². The van der Waals surface area contributed by atoms with Crippen LogP contribution in [0.15, 0.2) is 11.6 Å². The smallest absolute Gasteiger partial charge is 0.390 e. The Labute approximate surface area is 219 Å². The maximum absolute atomic E-state index is 13.8. The number of fused-ring (bicyclic) bond motifs is 5. The first kappa shape index (κ1) is 28.4. The second kappa shape index (κ2) is 9.55. The summed E-state index contributed by atoms with van der Waals surface area (Å²) in [5.41, 5.74) is -1.20. The molecule has 0 spiro atoms. The Morgan fingerprint density at radius 2 is 1.86 bits per heavy atom. The first-order valence-corrected chi connectivity index (χ1v) is 14.2.